The number of furan rings is 1. The molecule has 0 saturated carbocycles. The van der Waals surface area contributed by atoms with E-state index in [0.717, 1.165) is 11.3 Å². The standard InChI is InChI=1S/C14H12ClN3O/c15-11-4-1-3-10(7-11)9-18-14(16)8-12(17-18)13-5-2-6-19-13/h1-8H,9,16H2. The third-order valence-corrected chi connectivity index (χ3v) is 3.04. The van der Waals surface area contributed by atoms with Gasteiger partial charge in [-0.15, -0.1) is 0 Å². The molecule has 0 aliphatic carbocycles. The van der Waals surface area contributed by atoms with Crippen molar-refractivity contribution in [2.75, 3.05) is 5.73 Å². The average Bonchev–Trinajstić information content (AvgIpc) is 3.00. The SMILES string of the molecule is Nc1cc(-c2ccco2)nn1Cc1cccc(Cl)c1. The molecule has 0 amide bonds. The maximum Gasteiger partial charge on any atom is 0.154 e. The molecular weight excluding hydrogens is 262 g/mol. The van der Waals surface area contributed by atoms with Gasteiger partial charge in [-0.2, -0.15) is 5.10 Å². The van der Waals surface area contributed by atoms with E-state index >= 15 is 0 Å². The van der Waals surface area contributed by atoms with Gasteiger partial charge in [-0.3, -0.25) is 0 Å². The number of benzene rings is 1. The van der Waals surface area contributed by atoms with E-state index in [2.05, 4.69) is 5.10 Å². The van der Waals surface area contributed by atoms with Crippen LogP contribution in [0.1, 0.15) is 5.56 Å². The molecule has 0 fully saturated rings. The van der Waals surface area contributed by atoms with E-state index in [4.69, 9.17) is 21.8 Å². The summed E-state index contributed by atoms with van der Waals surface area (Å²) in [5, 5.41) is 5.14. The Morgan fingerprint density at radius 2 is 2.11 bits per heavy atom. The molecule has 3 aromatic rings. The second-order valence-electron chi connectivity index (χ2n) is 4.22. The van der Waals surface area contributed by atoms with Gasteiger partial charge in [0.15, 0.2) is 5.76 Å². The summed E-state index contributed by atoms with van der Waals surface area (Å²) in [6, 6.07) is 13.1. The van der Waals surface area contributed by atoms with Crippen LogP contribution in [0.4, 0.5) is 5.82 Å². The molecule has 0 unspecified atom stereocenters. The van der Waals surface area contributed by atoms with Gasteiger partial charge in [0.25, 0.3) is 0 Å². The summed E-state index contributed by atoms with van der Waals surface area (Å²) in [5.74, 6) is 1.29. The van der Waals surface area contributed by atoms with E-state index in [0.29, 0.717) is 23.1 Å². The molecule has 0 aliphatic heterocycles. The van der Waals surface area contributed by atoms with Crippen molar-refractivity contribution in [3.05, 3.63) is 59.3 Å². The quantitative estimate of drug-likeness (QED) is 0.795. The second-order valence-corrected chi connectivity index (χ2v) is 4.66. The third-order valence-electron chi connectivity index (χ3n) is 2.81. The summed E-state index contributed by atoms with van der Waals surface area (Å²) < 4.78 is 7.03. The Bertz CT molecular complexity index is 689. The van der Waals surface area contributed by atoms with Crippen LogP contribution in [0.2, 0.25) is 5.02 Å². The Labute approximate surface area is 115 Å². The Hall–Kier alpha value is -2.20. The highest BCUT2D eigenvalue weighted by Gasteiger charge is 2.09. The monoisotopic (exact) mass is 273 g/mol. The van der Waals surface area contributed by atoms with Crippen molar-refractivity contribution in [2.24, 2.45) is 0 Å². The number of halogens is 1. The Kier molecular flexibility index (Phi) is 3.01. The van der Waals surface area contributed by atoms with E-state index in [1.807, 2.05) is 36.4 Å². The van der Waals surface area contributed by atoms with Gasteiger partial charge < -0.3 is 10.2 Å². The first-order valence-corrected chi connectivity index (χ1v) is 6.22. The van der Waals surface area contributed by atoms with E-state index in [-0.39, 0.29) is 0 Å². The van der Waals surface area contributed by atoms with Gasteiger partial charge in [0.05, 0.1) is 12.8 Å². The lowest BCUT2D eigenvalue weighted by Gasteiger charge is -2.04. The molecule has 2 aromatic heterocycles. The topological polar surface area (TPSA) is 57.0 Å². The lowest BCUT2D eigenvalue weighted by Crippen LogP contribution is -2.05. The zero-order chi connectivity index (χ0) is 13.2. The fraction of sp³-hybridized carbons (Fsp3) is 0.0714. The minimum atomic E-state index is 0.576. The molecule has 2 heterocycles. The number of rotatable bonds is 3. The minimum Gasteiger partial charge on any atom is -0.463 e. The lowest BCUT2D eigenvalue weighted by atomic mass is 10.2. The summed E-state index contributed by atoms with van der Waals surface area (Å²) >= 11 is 5.96. The van der Waals surface area contributed by atoms with Gasteiger partial charge in [-0.05, 0) is 29.8 Å². The summed E-state index contributed by atoms with van der Waals surface area (Å²) in [6.45, 7) is 0.576. The Morgan fingerprint density at radius 3 is 2.84 bits per heavy atom. The summed E-state index contributed by atoms with van der Waals surface area (Å²) in [7, 11) is 0. The van der Waals surface area contributed by atoms with Crippen LogP contribution in [0, 0.1) is 0 Å². The molecule has 0 saturated heterocycles. The zero-order valence-electron chi connectivity index (χ0n) is 10.1. The molecule has 0 bridgehead atoms. The molecule has 1 aromatic carbocycles. The fourth-order valence-electron chi connectivity index (χ4n) is 1.91. The van der Waals surface area contributed by atoms with Crippen LogP contribution in [0.25, 0.3) is 11.5 Å². The van der Waals surface area contributed by atoms with Crippen molar-refractivity contribution in [3.8, 4) is 11.5 Å². The molecule has 3 rings (SSSR count). The van der Waals surface area contributed by atoms with Crippen LogP contribution in [-0.4, -0.2) is 9.78 Å². The first-order valence-electron chi connectivity index (χ1n) is 5.84. The van der Waals surface area contributed by atoms with Crippen LogP contribution in [-0.2, 0) is 6.54 Å². The van der Waals surface area contributed by atoms with Crippen molar-refractivity contribution in [1.29, 1.82) is 0 Å². The van der Waals surface area contributed by atoms with Gasteiger partial charge >= 0.3 is 0 Å². The lowest BCUT2D eigenvalue weighted by molar-refractivity contribution is 0.576. The first-order chi connectivity index (χ1) is 9.22. The normalized spacial score (nSPS) is 10.8. The van der Waals surface area contributed by atoms with Crippen molar-refractivity contribution in [3.63, 3.8) is 0 Å². The number of aromatic nitrogens is 2. The molecule has 5 heteroatoms. The molecule has 0 aliphatic rings. The highest BCUT2D eigenvalue weighted by atomic mass is 35.5. The number of hydrogen-bond acceptors (Lipinski definition) is 3. The molecule has 2 N–H and O–H groups in total. The van der Waals surface area contributed by atoms with E-state index in [1.54, 1.807) is 17.0 Å². The highest BCUT2D eigenvalue weighted by molar-refractivity contribution is 6.30. The van der Waals surface area contributed by atoms with E-state index in [9.17, 15) is 0 Å². The van der Waals surface area contributed by atoms with Crippen molar-refractivity contribution in [2.45, 2.75) is 6.54 Å². The second kappa shape index (κ2) is 4.82. The van der Waals surface area contributed by atoms with Crippen LogP contribution >= 0.6 is 11.6 Å². The van der Waals surface area contributed by atoms with Crippen LogP contribution < -0.4 is 5.73 Å². The van der Waals surface area contributed by atoms with Gasteiger partial charge in [0, 0.05) is 11.1 Å². The van der Waals surface area contributed by atoms with E-state index < -0.39 is 0 Å². The largest absolute Gasteiger partial charge is 0.463 e. The molecule has 0 atom stereocenters. The first kappa shape index (κ1) is 11.9. The highest BCUT2D eigenvalue weighted by Crippen LogP contribution is 2.21. The molecule has 19 heavy (non-hydrogen) atoms. The summed E-state index contributed by atoms with van der Waals surface area (Å²) in [5.41, 5.74) is 7.73. The average molecular weight is 274 g/mol. The van der Waals surface area contributed by atoms with Crippen LogP contribution in [0.15, 0.2) is 53.1 Å². The predicted octanol–water partition coefficient (Wildman–Crippen LogP) is 3.43. The molecule has 4 nitrogen and oxygen atoms in total. The number of nitrogen functional groups attached to an aromatic ring is 1. The van der Waals surface area contributed by atoms with Gasteiger partial charge in [0.2, 0.25) is 0 Å². The summed E-state index contributed by atoms with van der Waals surface area (Å²) in [6.07, 6.45) is 1.61. The van der Waals surface area contributed by atoms with Gasteiger partial charge in [-0.1, -0.05) is 23.7 Å². The molecule has 96 valence electrons. The zero-order valence-corrected chi connectivity index (χ0v) is 10.8. The van der Waals surface area contributed by atoms with Gasteiger partial charge in [0.1, 0.15) is 11.5 Å². The third kappa shape index (κ3) is 2.48. The maximum absolute atomic E-state index is 5.96. The van der Waals surface area contributed by atoms with Crippen molar-refractivity contribution >= 4 is 17.4 Å². The van der Waals surface area contributed by atoms with Gasteiger partial charge in [-0.25, -0.2) is 4.68 Å². The number of nitrogens with zero attached hydrogens (tertiary/aromatic N) is 2. The fourth-order valence-corrected chi connectivity index (χ4v) is 2.12. The smallest absolute Gasteiger partial charge is 0.154 e. The minimum absolute atomic E-state index is 0.576. The van der Waals surface area contributed by atoms with Crippen LogP contribution in [0.5, 0.6) is 0 Å². The molecular formula is C14H12ClN3O. The molecule has 0 spiro atoms. The predicted molar refractivity (Wildman–Crippen MR) is 74.9 cm³/mol. The van der Waals surface area contributed by atoms with Crippen LogP contribution in [0.3, 0.4) is 0 Å². The number of hydrogen-bond donors (Lipinski definition) is 1. The number of anilines is 1. The summed E-state index contributed by atoms with van der Waals surface area (Å²) in [4.78, 5) is 0. The Balaban J connectivity index is 1.90. The maximum atomic E-state index is 5.96. The Morgan fingerprint density at radius 1 is 1.21 bits per heavy atom. The van der Waals surface area contributed by atoms with Crippen molar-refractivity contribution in [1.82, 2.24) is 9.78 Å². The number of nitrogens with two attached hydrogens (primary N) is 1. The van der Waals surface area contributed by atoms with Crippen molar-refractivity contribution < 1.29 is 4.42 Å². The molecule has 0 radical (unpaired) electrons. The van der Waals surface area contributed by atoms with E-state index in [1.165, 1.54) is 0 Å².